The third-order valence-electron chi connectivity index (χ3n) is 6.73. The van der Waals surface area contributed by atoms with Crippen molar-refractivity contribution in [2.24, 2.45) is 29.1 Å². The van der Waals surface area contributed by atoms with Gasteiger partial charge in [0, 0.05) is 5.92 Å². The van der Waals surface area contributed by atoms with Crippen molar-refractivity contribution < 1.29 is 0 Å². The highest BCUT2D eigenvalue weighted by Gasteiger charge is 2.53. The first-order chi connectivity index (χ1) is 10.6. The molecule has 3 rings (SSSR count). The summed E-state index contributed by atoms with van der Waals surface area (Å²) in [4.78, 5) is 0. The van der Waals surface area contributed by atoms with Crippen LogP contribution in [0.2, 0.25) is 0 Å². The van der Waals surface area contributed by atoms with E-state index in [-0.39, 0.29) is 0 Å². The molecule has 3 aliphatic rings. The van der Waals surface area contributed by atoms with Crippen molar-refractivity contribution in [3.63, 3.8) is 0 Å². The fraction of sp³-hybridized carbons (Fsp3) is 0.636. The monoisotopic (exact) mass is 294 g/mol. The van der Waals surface area contributed by atoms with Crippen molar-refractivity contribution >= 4 is 0 Å². The zero-order valence-electron chi connectivity index (χ0n) is 14.4. The molecule has 0 radical (unpaired) electrons. The minimum absolute atomic E-state index is 0.429. The van der Waals surface area contributed by atoms with Gasteiger partial charge in [0.05, 0.1) is 0 Å². The van der Waals surface area contributed by atoms with Gasteiger partial charge in [-0.1, -0.05) is 42.4 Å². The molecular formula is C22H30. The molecule has 0 saturated heterocycles. The normalized spacial score (nSPS) is 41.7. The van der Waals surface area contributed by atoms with Crippen molar-refractivity contribution in [3.05, 3.63) is 35.5 Å². The molecule has 0 aromatic rings. The van der Waals surface area contributed by atoms with E-state index in [1.54, 1.807) is 5.57 Å². The van der Waals surface area contributed by atoms with E-state index in [0.29, 0.717) is 11.3 Å². The van der Waals surface area contributed by atoms with Gasteiger partial charge in [-0.15, -0.1) is 12.3 Å². The Morgan fingerprint density at radius 2 is 2.14 bits per heavy atom. The molecule has 0 heteroatoms. The Morgan fingerprint density at radius 1 is 1.32 bits per heavy atom. The number of terminal acetylenes is 1. The van der Waals surface area contributed by atoms with Crippen molar-refractivity contribution in [1.82, 2.24) is 0 Å². The number of fused-ring (bicyclic) bond motifs is 3. The van der Waals surface area contributed by atoms with Crippen molar-refractivity contribution in [2.45, 2.75) is 59.3 Å². The molecule has 118 valence electrons. The Morgan fingerprint density at radius 3 is 2.86 bits per heavy atom. The molecule has 0 aromatic carbocycles. The highest BCUT2D eigenvalue weighted by Crippen LogP contribution is 2.60. The van der Waals surface area contributed by atoms with Gasteiger partial charge in [-0.2, -0.15) is 0 Å². The van der Waals surface area contributed by atoms with Crippen molar-refractivity contribution in [3.8, 4) is 12.3 Å². The highest BCUT2D eigenvalue weighted by atomic mass is 14.6. The van der Waals surface area contributed by atoms with Gasteiger partial charge >= 0.3 is 0 Å². The van der Waals surface area contributed by atoms with E-state index in [9.17, 15) is 0 Å². The summed E-state index contributed by atoms with van der Waals surface area (Å²) in [6.07, 6.45) is 23.1. The van der Waals surface area contributed by atoms with Crippen LogP contribution in [-0.4, -0.2) is 0 Å². The van der Waals surface area contributed by atoms with Gasteiger partial charge in [0.25, 0.3) is 0 Å². The average Bonchev–Trinajstić information content (AvgIpc) is 2.84. The number of hydrogen-bond acceptors (Lipinski definition) is 0. The summed E-state index contributed by atoms with van der Waals surface area (Å²) in [7, 11) is 0. The van der Waals surface area contributed by atoms with Crippen LogP contribution in [0.5, 0.6) is 0 Å². The Balaban J connectivity index is 1.79. The molecule has 0 heterocycles. The molecule has 5 atom stereocenters. The van der Waals surface area contributed by atoms with E-state index >= 15 is 0 Å². The second-order valence-electron chi connectivity index (χ2n) is 7.94. The maximum atomic E-state index is 5.82. The first kappa shape index (κ1) is 15.7. The summed E-state index contributed by atoms with van der Waals surface area (Å²) in [6, 6.07) is 0. The zero-order chi connectivity index (χ0) is 15.7. The maximum absolute atomic E-state index is 5.82. The molecule has 0 aliphatic heterocycles. The van der Waals surface area contributed by atoms with E-state index in [0.717, 1.165) is 17.8 Å². The fourth-order valence-electron chi connectivity index (χ4n) is 5.63. The Labute approximate surface area is 136 Å². The summed E-state index contributed by atoms with van der Waals surface area (Å²) in [5.74, 6) is 6.19. The molecule has 2 saturated carbocycles. The Bertz CT molecular complexity index is 553. The molecule has 0 aromatic heterocycles. The lowest BCUT2D eigenvalue weighted by Crippen LogP contribution is -2.41. The fourth-order valence-corrected chi connectivity index (χ4v) is 5.63. The summed E-state index contributed by atoms with van der Waals surface area (Å²) in [5.41, 5.74) is 3.37. The van der Waals surface area contributed by atoms with Gasteiger partial charge < -0.3 is 0 Å². The topological polar surface area (TPSA) is 0 Å². The van der Waals surface area contributed by atoms with Crippen LogP contribution in [0.3, 0.4) is 0 Å². The van der Waals surface area contributed by atoms with Crippen LogP contribution in [0, 0.1) is 41.4 Å². The number of hydrogen-bond donors (Lipinski definition) is 0. The van der Waals surface area contributed by atoms with E-state index in [2.05, 4.69) is 51.0 Å². The lowest BCUT2D eigenvalue weighted by atomic mass is 9.56. The van der Waals surface area contributed by atoms with E-state index < -0.39 is 0 Å². The lowest BCUT2D eigenvalue weighted by molar-refractivity contribution is 0.0338. The first-order valence-corrected chi connectivity index (χ1v) is 9.06. The predicted molar refractivity (Wildman–Crippen MR) is 95.3 cm³/mol. The molecule has 22 heavy (non-hydrogen) atoms. The Kier molecular flexibility index (Phi) is 4.35. The smallest absolute Gasteiger partial charge is 0.0256 e. The Hall–Kier alpha value is -1.22. The van der Waals surface area contributed by atoms with Crippen LogP contribution in [-0.2, 0) is 0 Å². The third kappa shape index (κ3) is 2.60. The van der Waals surface area contributed by atoms with E-state index in [4.69, 9.17) is 6.42 Å². The zero-order valence-corrected chi connectivity index (χ0v) is 14.4. The summed E-state index contributed by atoms with van der Waals surface area (Å²) < 4.78 is 0. The lowest BCUT2D eigenvalue weighted by Gasteiger charge is -2.49. The van der Waals surface area contributed by atoms with Crippen molar-refractivity contribution in [2.75, 3.05) is 0 Å². The van der Waals surface area contributed by atoms with Gasteiger partial charge in [-0.3, -0.25) is 0 Å². The van der Waals surface area contributed by atoms with Gasteiger partial charge in [0.15, 0.2) is 0 Å². The van der Waals surface area contributed by atoms with E-state index in [1.807, 2.05) is 0 Å². The average molecular weight is 294 g/mol. The maximum Gasteiger partial charge on any atom is 0.0256 e. The quantitative estimate of drug-likeness (QED) is 0.438. The molecule has 0 amide bonds. The number of rotatable bonds is 2. The first-order valence-electron chi connectivity index (χ1n) is 9.06. The molecule has 0 spiro atoms. The van der Waals surface area contributed by atoms with Crippen LogP contribution in [0.25, 0.3) is 0 Å². The summed E-state index contributed by atoms with van der Waals surface area (Å²) >= 11 is 0. The van der Waals surface area contributed by atoms with Gasteiger partial charge in [0.1, 0.15) is 0 Å². The molecular weight excluding hydrogens is 264 g/mol. The predicted octanol–water partition coefficient (Wildman–Crippen LogP) is 5.92. The third-order valence-corrected chi connectivity index (χ3v) is 6.73. The van der Waals surface area contributed by atoms with Crippen LogP contribution in [0.15, 0.2) is 35.5 Å². The second kappa shape index (κ2) is 6.11. The van der Waals surface area contributed by atoms with Crippen LogP contribution >= 0.6 is 0 Å². The molecule has 0 bridgehead atoms. The summed E-state index contributed by atoms with van der Waals surface area (Å²) in [5, 5.41) is 0. The molecule has 5 unspecified atom stereocenters. The number of allylic oxidation sites excluding steroid dienone is 6. The van der Waals surface area contributed by atoms with Crippen LogP contribution in [0.1, 0.15) is 59.3 Å². The largest absolute Gasteiger partial charge is 0.120 e. The minimum Gasteiger partial charge on any atom is -0.120 e. The van der Waals surface area contributed by atoms with E-state index in [1.165, 1.54) is 44.1 Å². The van der Waals surface area contributed by atoms with Crippen molar-refractivity contribution in [1.29, 1.82) is 0 Å². The van der Waals surface area contributed by atoms with Gasteiger partial charge in [-0.25, -0.2) is 0 Å². The van der Waals surface area contributed by atoms with Crippen LogP contribution < -0.4 is 0 Å². The van der Waals surface area contributed by atoms with Crippen LogP contribution in [0.4, 0.5) is 0 Å². The van der Waals surface area contributed by atoms with Gasteiger partial charge in [-0.05, 0) is 75.5 Å². The second-order valence-corrected chi connectivity index (χ2v) is 7.94. The molecule has 0 nitrogen and oxygen atoms in total. The summed E-state index contributed by atoms with van der Waals surface area (Å²) in [6.45, 7) is 6.78. The molecule has 3 aliphatic carbocycles. The minimum atomic E-state index is 0.429. The standard InChI is InChI=1S/C22H30/c1-5-7-16(3)14-17-8-10-20-18(15-17)12-13-22(4)19(6-2)9-11-21(20)22/h2,5,7,14-15,18-21H,8-13H2,1,3-4H3/b7-5-,16-14-. The highest BCUT2D eigenvalue weighted by molar-refractivity contribution is 5.31. The molecule has 2 fully saturated rings. The molecule has 0 N–H and O–H groups in total. The van der Waals surface area contributed by atoms with Gasteiger partial charge in [0.2, 0.25) is 0 Å². The SMILES string of the molecule is C#CC1CCC2C3CCC(/C=C(C)\C=C/C)=CC3CCC12C.